The van der Waals surface area contributed by atoms with Crippen LogP contribution in [0.15, 0.2) is 48.5 Å². The standard InChI is InChI=1S/C22H30N2O2/c1-22(2)17-23(14-13-18-9-11-19(25-3)12-10-18)15-16-24(22)20-7-5-6-8-21(20)26-4/h5-12H,13-17H2,1-4H3. The number of rotatable bonds is 6. The fraction of sp³-hybridized carbons (Fsp3) is 0.455. The smallest absolute Gasteiger partial charge is 0.142 e. The fourth-order valence-corrected chi connectivity index (χ4v) is 3.83. The summed E-state index contributed by atoms with van der Waals surface area (Å²) in [5.41, 5.74) is 2.61. The van der Waals surface area contributed by atoms with E-state index in [1.54, 1.807) is 14.2 Å². The van der Waals surface area contributed by atoms with Gasteiger partial charge in [0.25, 0.3) is 0 Å². The molecule has 0 spiro atoms. The van der Waals surface area contributed by atoms with Crippen molar-refractivity contribution in [2.24, 2.45) is 0 Å². The van der Waals surface area contributed by atoms with Gasteiger partial charge in [-0.25, -0.2) is 0 Å². The van der Waals surface area contributed by atoms with E-state index in [0.717, 1.165) is 44.1 Å². The number of para-hydroxylation sites is 2. The number of ether oxygens (including phenoxy) is 2. The molecule has 0 atom stereocenters. The second-order valence-electron chi connectivity index (χ2n) is 7.51. The molecule has 3 rings (SSSR count). The Morgan fingerprint density at radius 2 is 1.65 bits per heavy atom. The zero-order valence-electron chi connectivity index (χ0n) is 16.4. The average Bonchev–Trinajstić information content (AvgIpc) is 2.66. The second-order valence-corrected chi connectivity index (χ2v) is 7.51. The predicted molar refractivity (Wildman–Crippen MR) is 108 cm³/mol. The van der Waals surface area contributed by atoms with Gasteiger partial charge in [0.15, 0.2) is 0 Å². The lowest BCUT2D eigenvalue weighted by molar-refractivity contribution is 0.184. The highest BCUT2D eigenvalue weighted by Crippen LogP contribution is 2.34. The lowest BCUT2D eigenvalue weighted by Gasteiger charge is -2.48. The maximum Gasteiger partial charge on any atom is 0.142 e. The van der Waals surface area contributed by atoms with Crippen molar-refractivity contribution < 1.29 is 9.47 Å². The molecule has 2 aromatic rings. The maximum absolute atomic E-state index is 5.58. The summed E-state index contributed by atoms with van der Waals surface area (Å²) in [6.07, 6.45) is 1.06. The van der Waals surface area contributed by atoms with Gasteiger partial charge >= 0.3 is 0 Å². The Kier molecular flexibility index (Phi) is 5.72. The molecule has 0 bridgehead atoms. The molecule has 0 unspecified atom stereocenters. The lowest BCUT2D eigenvalue weighted by Crippen LogP contribution is -2.59. The van der Waals surface area contributed by atoms with Gasteiger partial charge in [-0.15, -0.1) is 0 Å². The zero-order valence-corrected chi connectivity index (χ0v) is 16.4. The van der Waals surface area contributed by atoms with Crippen molar-refractivity contribution in [3.05, 3.63) is 54.1 Å². The van der Waals surface area contributed by atoms with E-state index >= 15 is 0 Å². The third kappa shape index (κ3) is 4.13. The Hall–Kier alpha value is -2.20. The largest absolute Gasteiger partial charge is 0.497 e. The summed E-state index contributed by atoms with van der Waals surface area (Å²) in [5, 5.41) is 0. The van der Waals surface area contributed by atoms with Gasteiger partial charge in [-0.2, -0.15) is 0 Å². The first-order chi connectivity index (χ1) is 12.5. The third-order valence-corrected chi connectivity index (χ3v) is 5.23. The second kappa shape index (κ2) is 8.00. The minimum atomic E-state index is 0.0623. The molecule has 0 aromatic heterocycles. The number of nitrogens with zero attached hydrogens (tertiary/aromatic N) is 2. The SMILES string of the molecule is COc1ccc(CCN2CCN(c3ccccc3OC)C(C)(C)C2)cc1. The third-order valence-electron chi connectivity index (χ3n) is 5.23. The highest BCUT2D eigenvalue weighted by Gasteiger charge is 2.34. The predicted octanol–water partition coefficient (Wildman–Crippen LogP) is 3.85. The summed E-state index contributed by atoms with van der Waals surface area (Å²) in [4.78, 5) is 5.05. The number of piperazine rings is 1. The van der Waals surface area contributed by atoms with Gasteiger partial charge in [-0.3, -0.25) is 4.90 Å². The van der Waals surface area contributed by atoms with E-state index in [2.05, 4.69) is 47.9 Å². The van der Waals surface area contributed by atoms with E-state index in [1.807, 2.05) is 24.3 Å². The fourth-order valence-electron chi connectivity index (χ4n) is 3.83. The van der Waals surface area contributed by atoms with Crippen LogP contribution in [0.5, 0.6) is 11.5 Å². The summed E-state index contributed by atoms with van der Waals surface area (Å²) in [7, 11) is 3.45. The van der Waals surface area contributed by atoms with Crippen molar-refractivity contribution in [1.82, 2.24) is 4.90 Å². The van der Waals surface area contributed by atoms with Crippen molar-refractivity contribution >= 4 is 5.69 Å². The van der Waals surface area contributed by atoms with Gasteiger partial charge in [0.2, 0.25) is 0 Å². The van der Waals surface area contributed by atoms with Gasteiger partial charge in [-0.05, 0) is 50.1 Å². The summed E-state index contributed by atoms with van der Waals surface area (Å²) in [6, 6.07) is 16.7. The normalized spacial score (nSPS) is 17.2. The molecular weight excluding hydrogens is 324 g/mol. The quantitative estimate of drug-likeness (QED) is 0.787. The monoisotopic (exact) mass is 354 g/mol. The van der Waals surface area contributed by atoms with Crippen molar-refractivity contribution in [1.29, 1.82) is 0 Å². The first kappa shape index (κ1) is 18.6. The van der Waals surface area contributed by atoms with Gasteiger partial charge in [0.1, 0.15) is 11.5 Å². The molecule has 26 heavy (non-hydrogen) atoms. The molecule has 0 saturated carbocycles. The molecule has 2 aromatic carbocycles. The first-order valence-corrected chi connectivity index (χ1v) is 9.29. The van der Waals surface area contributed by atoms with Crippen LogP contribution >= 0.6 is 0 Å². The first-order valence-electron chi connectivity index (χ1n) is 9.29. The zero-order chi connectivity index (χ0) is 18.6. The minimum Gasteiger partial charge on any atom is -0.497 e. The van der Waals surface area contributed by atoms with Crippen molar-refractivity contribution in [2.45, 2.75) is 25.8 Å². The van der Waals surface area contributed by atoms with Gasteiger partial charge in [0, 0.05) is 31.7 Å². The van der Waals surface area contributed by atoms with Crippen LogP contribution < -0.4 is 14.4 Å². The molecule has 0 amide bonds. The Labute approximate surface area is 157 Å². The highest BCUT2D eigenvalue weighted by molar-refractivity contribution is 5.60. The molecule has 4 nitrogen and oxygen atoms in total. The number of hydrogen-bond acceptors (Lipinski definition) is 4. The minimum absolute atomic E-state index is 0.0623. The maximum atomic E-state index is 5.58. The van der Waals surface area contributed by atoms with E-state index in [1.165, 1.54) is 11.3 Å². The molecule has 4 heteroatoms. The van der Waals surface area contributed by atoms with Crippen LogP contribution in [0, 0.1) is 0 Å². The number of benzene rings is 2. The molecule has 1 aliphatic rings. The Morgan fingerprint density at radius 1 is 0.923 bits per heavy atom. The van der Waals surface area contributed by atoms with Crippen LogP contribution in [0.4, 0.5) is 5.69 Å². The van der Waals surface area contributed by atoms with E-state index < -0.39 is 0 Å². The van der Waals surface area contributed by atoms with Crippen LogP contribution in [0.3, 0.4) is 0 Å². The van der Waals surface area contributed by atoms with Crippen molar-refractivity contribution in [3.63, 3.8) is 0 Å². The topological polar surface area (TPSA) is 24.9 Å². The average molecular weight is 354 g/mol. The lowest BCUT2D eigenvalue weighted by atomic mass is 9.97. The number of anilines is 1. The molecule has 1 aliphatic heterocycles. The number of hydrogen-bond donors (Lipinski definition) is 0. The number of methoxy groups -OCH3 is 2. The molecule has 0 N–H and O–H groups in total. The van der Waals surface area contributed by atoms with E-state index in [4.69, 9.17) is 9.47 Å². The van der Waals surface area contributed by atoms with Crippen LogP contribution in [0.25, 0.3) is 0 Å². The molecule has 1 saturated heterocycles. The van der Waals surface area contributed by atoms with E-state index in [0.29, 0.717) is 0 Å². The highest BCUT2D eigenvalue weighted by atomic mass is 16.5. The summed E-state index contributed by atoms with van der Waals surface area (Å²) < 4.78 is 10.8. The van der Waals surface area contributed by atoms with Crippen LogP contribution in [0.1, 0.15) is 19.4 Å². The Balaban J connectivity index is 1.62. The van der Waals surface area contributed by atoms with Crippen LogP contribution in [0.2, 0.25) is 0 Å². The molecule has 140 valence electrons. The summed E-state index contributed by atoms with van der Waals surface area (Å²) in [6.45, 7) is 8.84. The van der Waals surface area contributed by atoms with Gasteiger partial charge < -0.3 is 14.4 Å². The van der Waals surface area contributed by atoms with Gasteiger partial charge in [-0.1, -0.05) is 24.3 Å². The molecular formula is C22H30N2O2. The van der Waals surface area contributed by atoms with Crippen molar-refractivity contribution in [3.8, 4) is 11.5 Å². The molecule has 1 fully saturated rings. The summed E-state index contributed by atoms with van der Waals surface area (Å²) >= 11 is 0. The summed E-state index contributed by atoms with van der Waals surface area (Å²) in [5.74, 6) is 1.87. The molecule has 0 radical (unpaired) electrons. The van der Waals surface area contributed by atoms with Crippen LogP contribution in [-0.2, 0) is 6.42 Å². The molecule has 1 heterocycles. The van der Waals surface area contributed by atoms with Gasteiger partial charge in [0.05, 0.1) is 19.9 Å². The van der Waals surface area contributed by atoms with E-state index in [-0.39, 0.29) is 5.54 Å². The van der Waals surface area contributed by atoms with Crippen LogP contribution in [-0.4, -0.2) is 50.8 Å². The van der Waals surface area contributed by atoms with E-state index in [9.17, 15) is 0 Å². The van der Waals surface area contributed by atoms with Crippen molar-refractivity contribution in [2.75, 3.05) is 45.3 Å². The molecule has 0 aliphatic carbocycles. The Morgan fingerprint density at radius 3 is 2.31 bits per heavy atom. The Bertz CT molecular complexity index is 712.